The van der Waals surface area contributed by atoms with E-state index in [1.54, 1.807) is 36.5 Å². The van der Waals surface area contributed by atoms with E-state index in [2.05, 4.69) is 0 Å². The Kier molecular flexibility index (Phi) is 2.72. The van der Waals surface area contributed by atoms with Crippen LogP contribution < -0.4 is 4.90 Å². The summed E-state index contributed by atoms with van der Waals surface area (Å²) in [5, 5.41) is 0. The molecule has 0 unspecified atom stereocenters. The van der Waals surface area contributed by atoms with Gasteiger partial charge in [0, 0.05) is 11.8 Å². The molecule has 4 heteroatoms. The van der Waals surface area contributed by atoms with Gasteiger partial charge in [-0.1, -0.05) is 0 Å². The third-order valence-corrected chi connectivity index (χ3v) is 2.31. The highest BCUT2D eigenvalue weighted by Gasteiger charge is 2.17. The lowest BCUT2D eigenvalue weighted by Crippen LogP contribution is -2.29. The van der Waals surface area contributed by atoms with Crippen LogP contribution in [0.15, 0.2) is 36.5 Å². The Hall–Kier alpha value is -2.10. The fourth-order valence-corrected chi connectivity index (χ4v) is 1.45. The summed E-state index contributed by atoms with van der Waals surface area (Å²) in [4.78, 5) is 23.9. The van der Waals surface area contributed by atoms with Crippen LogP contribution in [0.4, 0.5) is 10.5 Å². The van der Waals surface area contributed by atoms with Crippen molar-refractivity contribution in [1.29, 1.82) is 0 Å². The van der Waals surface area contributed by atoms with Crippen LogP contribution in [0.3, 0.4) is 0 Å². The molecule has 4 nitrogen and oxygen atoms in total. The van der Waals surface area contributed by atoms with Gasteiger partial charge in [-0.15, -0.1) is 0 Å². The number of hydrogen-bond acceptors (Lipinski definition) is 3. The summed E-state index contributed by atoms with van der Waals surface area (Å²) in [6, 6.07) is 6.81. The topological polar surface area (TPSA) is 46.6 Å². The van der Waals surface area contributed by atoms with Crippen molar-refractivity contribution in [2.75, 3.05) is 11.5 Å². The lowest BCUT2D eigenvalue weighted by molar-refractivity contribution is 0.101. The number of hydrogen-bond donors (Lipinski definition) is 0. The molecule has 0 saturated carbocycles. The summed E-state index contributed by atoms with van der Waals surface area (Å²) in [5.74, 6) is 0.00307. The molecule has 0 radical (unpaired) electrons. The minimum atomic E-state index is -0.405. The zero-order chi connectivity index (χ0) is 11.5. The Balaban J connectivity index is 2.27. The maximum atomic E-state index is 11.4. The van der Waals surface area contributed by atoms with E-state index in [-0.39, 0.29) is 5.78 Å². The summed E-state index contributed by atoms with van der Waals surface area (Å²) >= 11 is 0. The first-order valence-corrected chi connectivity index (χ1v) is 4.92. The van der Waals surface area contributed by atoms with Crippen LogP contribution in [0.5, 0.6) is 0 Å². The minimum Gasteiger partial charge on any atom is -0.445 e. The largest absolute Gasteiger partial charge is 0.445 e. The summed E-state index contributed by atoms with van der Waals surface area (Å²) in [7, 11) is 0. The van der Waals surface area contributed by atoms with Gasteiger partial charge in [-0.2, -0.15) is 0 Å². The quantitative estimate of drug-likeness (QED) is 0.714. The van der Waals surface area contributed by atoms with Crippen LogP contribution >= 0.6 is 0 Å². The van der Waals surface area contributed by atoms with Crippen molar-refractivity contribution in [3.8, 4) is 0 Å². The zero-order valence-corrected chi connectivity index (χ0v) is 8.84. The molecule has 1 heterocycles. The molecule has 0 aromatic heterocycles. The molecule has 16 heavy (non-hydrogen) atoms. The highest BCUT2D eigenvalue weighted by molar-refractivity contribution is 5.95. The number of ether oxygens (including phenoxy) is 1. The second-order valence-electron chi connectivity index (χ2n) is 3.43. The van der Waals surface area contributed by atoms with Crippen LogP contribution in [0, 0.1) is 0 Å². The molecule has 82 valence electrons. The molecule has 0 spiro atoms. The number of anilines is 1. The lowest BCUT2D eigenvalue weighted by atomic mass is 10.1. The molecule has 2 rings (SSSR count). The van der Waals surface area contributed by atoms with E-state index in [0.717, 1.165) is 0 Å². The number of carbonyl (C=O) groups is 2. The summed E-state index contributed by atoms with van der Waals surface area (Å²) in [6.07, 6.45) is 3.01. The van der Waals surface area contributed by atoms with E-state index in [9.17, 15) is 9.59 Å². The third kappa shape index (κ3) is 1.95. The molecule has 1 aromatic carbocycles. The van der Waals surface area contributed by atoms with E-state index in [1.165, 1.54) is 11.8 Å². The second-order valence-corrected chi connectivity index (χ2v) is 3.43. The van der Waals surface area contributed by atoms with E-state index >= 15 is 0 Å². The van der Waals surface area contributed by atoms with Crippen molar-refractivity contribution in [1.82, 2.24) is 0 Å². The van der Waals surface area contributed by atoms with Crippen LogP contribution in [0.1, 0.15) is 17.3 Å². The zero-order valence-electron chi connectivity index (χ0n) is 8.84. The number of benzene rings is 1. The van der Waals surface area contributed by atoms with Crippen LogP contribution in [0.25, 0.3) is 0 Å². The van der Waals surface area contributed by atoms with Gasteiger partial charge in [-0.05, 0) is 37.3 Å². The number of cyclic esters (lactones) is 1. The maximum Gasteiger partial charge on any atom is 0.418 e. The number of rotatable bonds is 2. The Morgan fingerprint density at radius 2 is 2.00 bits per heavy atom. The molecule has 1 amide bonds. The number of ketones is 1. The van der Waals surface area contributed by atoms with E-state index in [1.807, 2.05) is 0 Å². The predicted molar refractivity (Wildman–Crippen MR) is 59.4 cm³/mol. The first-order chi connectivity index (χ1) is 7.68. The van der Waals surface area contributed by atoms with Gasteiger partial charge in [0.1, 0.15) is 6.61 Å². The normalized spacial score (nSPS) is 14.8. The molecule has 1 aliphatic heterocycles. The Morgan fingerprint density at radius 1 is 1.31 bits per heavy atom. The van der Waals surface area contributed by atoms with Crippen LogP contribution in [-0.4, -0.2) is 18.5 Å². The predicted octanol–water partition coefficient (Wildman–Crippen LogP) is 2.36. The molecule has 1 aliphatic rings. The summed E-state index contributed by atoms with van der Waals surface area (Å²) < 4.78 is 4.86. The highest BCUT2D eigenvalue weighted by atomic mass is 16.6. The van der Waals surface area contributed by atoms with E-state index in [4.69, 9.17) is 4.74 Å². The summed E-state index contributed by atoms with van der Waals surface area (Å²) in [6.45, 7) is 1.81. The van der Waals surface area contributed by atoms with E-state index < -0.39 is 6.09 Å². The third-order valence-electron chi connectivity index (χ3n) is 2.31. The Morgan fingerprint density at radius 3 is 2.56 bits per heavy atom. The molecule has 0 fully saturated rings. The second kappa shape index (κ2) is 4.18. The standard InChI is InChI=1S/C12H11NO3/c1-9(14)10-3-5-11(6-4-10)13-7-2-8-16-12(13)15/h2-7H,8H2,1H3. The molecule has 0 bridgehead atoms. The van der Waals surface area contributed by atoms with Gasteiger partial charge in [0.05, 0.1) is 5.69 Å². The lowest BCUT2D eigenvalue weighted by Gasteiger charge is -2.21. The molecule has 0 aliphatic carbocycles. The number of Topliss-reactive ketones (excluding diaryl/α,β-unsaturated/α-hetero) is 1. The number of nitrogens with zero attached hydrogens (tertiary/aromatic N) is 1. The molecule has 0 saturated heterocycles. The first-order valence-electron chi connectivity index (χ1n) is 4.92. The van der Waals surface area contributed by atoms with Gasteiger partial charge in [0.25, 0.3) is 0 Å². The van der Waals surface area contributed by atoms with Crippen molar-refractivity contribution in [2.24, 2.45) is 0 Å². The number of carbonyl (C=O) groups excluding carboxylic acids is 2. The van der Waals surface area contributed by atoms with Gasteiger partial charge >= 0.3 is 6.09 Å². The Bertz CT molecular complexity index is 448. The number of amides is 1. The van der Waals surface area contributed by atoms with E-state index in [0.29, 0.717) is 17.9 Å². The Labute approximate surface area is 93.1 Å². The molecular weight excluding hydrogens is 206 g/mol. The smallest absolute Gasteiger partial charge is 0.418 e. The maximum absolute atomic E-state index is 11.4. The van der Waals surface area contributed by atoms with Crippen molar-refractivity contribution >= 4 is 17.6 Å². The van der Waals surface area contributed by atoms with Gasteiger partial charge < -0.3 is 4.74 Å². The van der Waals surface area contributed by atoms with Crippen molar-refractivity contribution in [2.45, 2.75) is 6.92 Å². The van der Waals surface area contributed by atoms with Crippen LogP contribution in [0.2, 0.25) is 0 Å². The first kappa shape index (κ1) is 10.4. The van der Waals surface area contributed by atoms with Crippen molar-refractivity contribution in [3.05, 3.63) is 42.1 Å². The van der Waals surface area contributed by atoms with Crippen molar-refractivity contribution in [3.63, 3.8) is 0 Å². The SMILES string of the molecule is CC(=O)c1ccc(N2C=CCOC2=O)cc1. The van der Waals surface area contributed by atoms with Gasteiger partial charge in [-0.3, -0.25) is 9.69 Å². The average Bonchev–Trinajstić information content (AvgIpc) is 2.30. The van der Waals surface area contributed by atoms with Crippen LogP contribution in [-0.2, 0) is 4.74 Å². The molecular formula is C12H11NO3. The van der Waals surface area contributed by atoms with Gasteiger partial charge in [-0.25, -0.2) is 4.79 Å². The monoisotopic (exact) mass is 217 g/mol. The van der Waals surface area contributed by atoms with Gasteiger partial charge in [0.15, 0.2) is 5.78 Å². The molecule has 0 atom stereocenters. The fourth-order valence-electron chi connectivity index (χ4n) is 1.45. The summed E-state index contributed by atoms with van der Waals surface area (Å²) in [5.41, 5.74) is 1.31. The van der Waals surface area contributed by atoms with Gasteiger partial charge in [0.2, 0.25) is 0 Å². The molecule has 1 aromatic rings. The fraction of sp³-hybridized carbons (Fsp3) is 0.167. The molecule has 0 N–H and O–H groups in total. The average molecular weight is 217 g/mol. The minimum absolute atomic E-state index is 0.00307. The van der Waals surface area contributed by atoms with Crippen molar-refractivity contribution < 1.29 is 14.3 Å². The highest BCUT2D eigenvalue weighted by Crippen LogP contribution is 2.18.